The van der Waals surface area contributed by atoms with Crippen molar-refractivity contribution in [2.24, 2.45) is 0 Å². The number of esters is 1. The van der Waals surface area contributed by atoms with Crippen LogP contribution < -0.4 is 0 Å². The molecule has 0 aliphatic carbocycles. The van der Waals surface area contributed by atoms with E-state index in [1.54, 1.807) is 6.07 Å². The average molecular weight is 314 g/mol. The minimum Gasteiger partial charge on any atom is -0.508 e. The highest BCUT2D eigenvalue weighted by molar-refractivity contribution is 5.89. The smallest absolute Gasteiger partial charge is 0.337 e. The molecule has 0 aliphatic rings. The van der Waals surface area contributed by atoms with Crippen LogP contribution in [-0.4, -0.2) is 29.9 Å². The number of carbonyl (C=O) groups excluding carboxylic acids is 1. The predicted molar refractivity (Wildman–Crippen MR) is 88.7 cm³/mol. The van der Waals surface area contributed by atoms with E-state index < -0.39 is 5.97 Å². The first-order chi connectivity index (χ1) is 11.2. The van der Waals surface area contributed by atoms with Gasteiger partial charge in [0, 0.05) is 6.61 Å². The Kier molecular flexibility index (Phi) is 6.18. The molecule has 0 heterocycles. The molecule has 23 heavy (non-hydrogen) atoms. The van der Waals surface area contributed by atoms with Crippen molar-refractivity contribution in [3.05, 3.63) is 65.2 Å². The van der Waals surface area contributed by atoms with Crippen LogP contribution in [0.5, 0.6) is 5.75 Å². The molecule has 2 aromatic carbocycles. The van der Waals surface area contributed by atoms with Gasteiger partial charge in [0.05, 0.1) is 12.7 Å². The van der Waals surface area contributed by atoms with Gasteiger partial charge in [-0.05, 0) is 54.5 Å². The molecule has 0 fully saturated rings. The summed E-state index contributed by atoms with van der Waals surface area (Å²) in [6, 6.07) is 14.8. The fourth-order valence-electron chi connectivity index (χ4n) is 2.72. The molecule has 0 saturated heterocycles. The zero-order chi connectivity index (χ0) is 16.7. The van der Waals surface area contributed by atoms with Crippen molar-refractivity contribution in [3.63, 3.8) is 0 Å². The van der Waals surface area contributed by atoms with E-state index in [9.17, 15) is 15.0 Å². The summed E-state index contributed by atoms with van der Waals surface area (Å²) in [5.74, 6) is -0.314. The molecule has 0 aromatic heterocycles. The summed E-state index contributed by atoms with van der Waals surface area (Å²) in [6.45, 7) is 0.0291. The lowest BCUT2D eigenvalue weighted by Crippen LogP contribution is -2.07. The van der Waals surface area contributed by atoms with Crippen LogP contribution in [0.15, 0.2) is 48.5 Å². The topological polar surface area (TPSA) is 66.8 Å². The Balaban J connectivity index is 2.20. The number of hydrogen-bond donors (Lipinski definition) is 2. The summed E-state index contributed by atoms with van der Waals surface area (Å²) in [5, 5.41) is 19.5. The van der Waals surface area contributed by atoms with E-state index >= 15 is 0 Å². The van der Waals surface area contributed by atoms with Gasteiger partial charge in [0.1, 0.15) is 5.75 Å². The molecule has 122 valence electrons. The third-order valence-corrected chi connectivity index (χ3v) is 3.99. The fraction of sp³-hybridized carbons (Fsp3) is 0.316. The first-order valence-corrected chi connectivity index (χ1v) is 7.71. The summed E-state index contributed by atoms with van der Waals surface area (Å²) < 4.78 is 4.73. The summed E-state index contributed by atoms with van der Waals surface area (Å²) in [4.78, 5) is 11.7. The zero-order valence-electron chi connectivity index (χ0n) is 13.2. The van der Waals surface area contributed by atoms with Gasteiger partial charge in [-0.2, -0.15) is 0 Å². The van der Waals surface area contributed by atoms with Crippen LogP contribution in [0.25, 0.3) is 0 Å². The first-order valence-electron chi connectivity index (χ1n) is 7.71. The number of phenolic OH excluding ortho intramolecular Hbond substituents is 1. The highest BCUT2D eigenvalue weighted by Gasteiger charge is 2.18. The lowest BCUT2D eigenvalue weighted by atomic mass is 9.88. The Hall–Kier alpha value is -2.33. The summed E-state index contributed by atoms with van der Waals surface area (Å²) in [5.41, 5.74) is 2.29. The van der Waals surface area contributed by atoms with Gasteiger partial charge < -0.3 is 14.9 Å². The second-order valence-electron chi connectivity index (χ2n) is 5.50. The molecule has 1 unspecified atom stereocenters. The normalized spacial score (nSPS) is 11.9. The Labute approximate surface area is 136 Å². The maximum atomic E-state index is 11.7. The second kappa shape index (κ2) is 8.34. The monoisotopic (exact) mass is 314 g/mol. The molecule has 0 saturated carbocycles. The van der Waals surface area contributed by atoms with Crippen molar-refractivity contribution in [1.82, 2.24) is 0 Å². The molecule has 2 rings (SSSR count). The van der Waals surface area contributed by atoms with Crippen LogP contribution in [0.4, 0.5) is 0 Å². The van der Waals surface area contributed by atoms with E-state index in [0.29, 0.717) is 17.5 Å². The number of aliphatic hydroxyl groups is 1. The van der Waals surface area contributed by atoms with Crippen molar-refractivity contribution in [3.8, 4) is 5.75 Å². The molecule has 1 atom stereocenters. The van der Waals surface area contributed by atoms with Gasteiger partial charge >= 0.3 is 5.97 Å². The van der Waals surface area contributed by atoms with Crippen LogP contribution in [0.3, 0.4) is 0 Å². The van der Waals surface area contributed by atoms with Gasteiger partial charge in [-0.3, -0.25) is 0 Å². The molecule has 2 N–H and O–H groups in total. The summed E-state index contributed by atoms with van der Waals surface area (Å²) in [7, 11) is 1.33. The maximum Gasteiger partial charge on any atom is 0.337 e. The van der Waals surface area contributed by atoms with Crippen molar-refractivity contribution < 1.29 is 19.7 Å². The van der Waals surface area contributed by atoms with Gasteiger partial charge in [0.25, 0.3) is 0 Å². The maximum absolute atomic E-state index is 11.7. The van der Waals surface area contributed by atoms with Gasteiger partial charge in [-0.1, -0.05) is 30.3 Å². The van der Waals surface area contributed by atoms with E-state index in [1.807, 2.05) is 18.2 Å². The Morgan fingerprint density at radius 3 is 2.52 bits per heavy atom. The average Bonchev–Trinajstić information content (AvgIpc) is 2.59. The number of benzene rings is 2. The number of aliphatic hydroxyl groups excluding tert-OH is 1. The minimum absolute atomic E-state index is 0.0233. The Morgan fingerprint density at radius 2 is 1.87 bits per heavy atom. The Bertz CT molecular complexity index is 637. The molecule has 0 spiro atoms. The number of ether oxygens (including phenoxy) is 1. The van der Waals surface area contributed by atoms with Gasteiger partial charge in [0.15, 0.2) is 0 Å². The van der Waals surface area contributed by atoms with Crippen molar-refractivity contribution in [2.75, 3.05) is 13.7 Å². The standard InChI is InChI=1S/C19H22O4/c1-23-19(22)16-9-10-18(21)17(13-16)15(11-12-20)8-7-14-5-3-2-4-6-14/h2-6,9-10,13,15,20-21H,7-8,11-12H2,1H3. The largest absolute Gasteiger partial charge is 0.508 e. The van der Waals surface area contributed by atoms with Crippen LogP contribution in [0.1, 0.15) is 40.2 Å². The molecular formula is C19H22O4. The Morgan fingerprint density at radius 1 is 1.13 bits per heavy atom. The lowest BCUT2D eigenvalue weighted by molar-refractivity contribution is 0.0600. The molecule has 0 amide bonds. The van der Waals surface area contributed by atoms with Crippen LogP contribution in [-0.2, 0) is 11.2 Å². The fourth-order valence-corrected chi connectivity index (χ4v) is 2.72. The number of methoxy groups -OCH3 is 1. The lowest BCUT2D eigenvalue weighted by Gasteiger charge is -2.18. The molecular weight excluding hydrogens is 292 g/mol. The number of rotatable bonds is 7. The van der Waals surface area contributed by atoms with Crippen LogP contribution >= 0.6 is 0 Å². The van der Waals surface area contributed by atoms with E-state index in [4.69, 9.17) is 4.74 Å². The minimum atomic E-state index is -0.433. The van der Waals surface area contributed by atoms with Crippen molar-refractivity contribution >= 4 is 5.97 Å². The quantitative estimate of drug-likeness (QED) is 0.770. The predicted octanol–water partition coefficient (Wildman–Crippen LogP) is 3.28. The van der Waals surface area contributed by atoms with Gasteiger partial charge in [-0.25, -0.2) is 4.79 Å². The number of aryl methyl sites for hydroxylation is 1. The third kappa shape index (κ3) is 4.57. The van der Waals surface area contributed by atoms with Gasteiger partial charge in [-0.15, -0.1) is 0 Å². The van der Waals surface area contributed by atoms with Crippen molar-refractivity contribution in [1.29, 1.82) is 0 Å². The van der Waals surface area contributed by atoms with Crippen molar-refractivity contribution in [2.45, 2.75) is 25.2 Å². The number of aromatic hydroxyl groups is 1. The number of carbonyl (C=O) groups is 1. The SMILES string of the molecule is COC(=O)c1ccc(O)c(C(CCO)CCc2ccccc2)c1. The van der Waals surface area contributed by atoms with E-state index in [0.717, 1.165) is 12.8 Å². The van der Waals surface area contributed by atoms with E-state index in [1.165, 1.54) is 24.8 Å². The molecule has 4 heteroatoms. The van der Waals surface area contributed by atoms with Gasteiger partial charge in [0.2, 0.25) is 0 Å². The van der Waals surface area contributed by atoms with Crippen LogP contribution in [0, 0.1) is 0 Å². The highest BCUT2D eigenvalue weighted by atomic mass is 16.5. The molecule has 2 aromatic rings. The molecule has 0 bridgehead atoms. The summed E-state index contributed by atoms with van der Waals surface area (Å²) >= 11 is 0. The first kappa shape index (κ1) is 17.0. The highest BCUT2D eigenvalue weighted by Crippen LogP contribution is 2.32. The van der Waals surface area contributed by atoms with E-state index in [2.05, 4.69) is 12.1 Å². The molecule has 4 nitrogen and oxygen atoms in total. The zero-order valence-corrected chi connectivity index (χ0v) is 13.2. The third-order valence-electron chi connectivity index (χ3n) is 3.99. The van der Waals surface area contributed by atoms with Crippen LogP contribution in [0.2, 0.25) is 0 Å². The van der Waals surface area contributed by atoms with E-state index in [-0.39, 0.29) is 18.3 Å². The molecule has 0 aliphatic heterocycles. The molecule has 0 radical (unpaired) electrons. The second-order valence-corrected chi connectivity index (χ2v) is 5.50. The number of phenols is 1. The number of hydrogen-bond acceptors (Lipinski definition) is 4. The summed E-state index contributed by atoms with van der Waals surface area (Å²) in [6.07, 6.45) is 2.15.